The molecule has 0 fully saturated rings. The van der Waals surface area contributed by atoms with Crippen LogP contribution in [0.5, 0.6) is 0 Å². The van der Waals surface area contributed by atoms with E-state index in [1.54, 1.807) is 36.1 Å². The maximum absolute atomic E-state index is 13.7. The summed E-state index contributed by atoms with van der Waals surface area (Å²) in [4.78, 5) is 33.6. The van der Waals surface area contributed by atoms with Gasteiger partial charge in [-0.3, -0.25) is 14.2 Å². The van der Waals surface area contributed by atoms with E-state index < -0.39 is 29.2 Å². The first kappa shape index (κ1) is 22.2. The van der Waals surface area contributed by atoms with Crippen LogP contribution in [0, 0.1) is 0 Å². The molecule has 0 N–H and O–H groups in total. The van der Waals surface area contributed by atoms with Crippen LogP contribution in [0.15, 0.2) is 71.5 Å². The van der Waals surface area contributed by atoms with E-state index in [4.69, 9.17) is 11.6 Å². The quantitative estimate of drug-likeness (QED) is 0.372. The van der Waals surface area contributed by atoms with Crippen LogP contribution in [-0.4, -0.2) is 26.9 Å². The highest BCUT2D eigenvalue weighted by molar-refractivity contribution is 6.34. The van der Waals surface area contributed by atoms with Crippen molar-refractivity contribution in [3.8, 4) is 5.69 Å². The van der Waals surface area contributed by atoms with Crippen molar-refractivity contribution >= 4 is 28.4 Å². The summed E-state index contributed by atoms with van der Waals surface area (Å²) in [7, 11) is 0. The molecule has 0 radical (unpaired) electrons. The lowest BCUT2D eigenvalue weighted by molar-refractivity contribution is -0.137. The summed E-state index contributed by atoms with van der Waals surface area (Å²) >= 11 is 6.42. The molecule has 1 unspecified atom stereocenters. The minimum absolute atomic E-state index is 0.0981. The number of carbonyl (C=O) groups is 1. The van der Waals surface area contributed by atoms with Gasteiger partial charge in [0.1, 0.15) is 11.9 Å². The summed E-state index contributed by atoms with van der Waals surface area (Å²) in [5, 5.41) is -0.0645. The number of hydrogen-bond acceptors (Lipinski definition) is 3. The Morgan fingerprint density at radius 1 is 1.00 bits per heavy atom. The number of hydrogen-bond donors (Lipinski definition) is 0. The highest BCUT2D eigenvalue weighted by Crippen LogP contribution is 2.37. The first-order chi connectivity index (χ1) is 16.2. The van der Waals surface area contributed by atoms with Crippen molar-refractivity contribution in [3.05, 3.63) is 105 Å². The van der Waals surface area contributed by atoms with E-state index in [2.05, 4.69) is 4.98 Å². The van der Waals surface area contributed by atoms with E-state index in [-0.39, 0.29) is 39.5 Å². The molecular weight excluding hydrogens is 467 g/mol. The number of carbonyl (C=O) groups excluding carboxylic acids is 1. The molecule has 5 nitrogen and oxygen atoms in total. The van der Waals surface area contributed by atoms with Crippen LogP contribution in [0.1, 0.15) is 40.3 Å². The molecule has 5 rings (SSSR count). The molecule has 1 aliphatic heterocycles. The Bertz CT molecular complexity index is 1500. The first-order valence-electron chi connectivity index (χ1n) is 10.5. The summed E-state index contributed by atoms with van der Waals surface area (Å²) in [6.07, 6.45) is -4.62. The zero-order valence-electron chi connectivity index (χ0n) is 17.8. The minimum atomic E-state index is -4.62. The van der Waals surface area contributed by atoms with E-state index in [1.165, 1.54) is 16.7 Å². The Labute approximate surface area is 197 Å². The van der Waals surface area contributed by atoms with Crippen LogP contribution >= 0.6 is 11.6 Å². The molecule has 0 saturated carbocycles. The van der Waals surface area contributed by atoms with Crippen molar-refractivity contribution in [1.82, 2.24) is 14.5 Å². The second-order valence-electron chi connectivity index (χ2n) is 7.88. The number of aromatic nitrogens is 2. The van der Waals surface area contributed by atoms with E-state index in [0.717, 1.165) is 12.1 Å². The number of benzene rings is 3. The van der Waals surface area contributed by atoms with Crippen molar-refractivity contribution < 1.29 is 18.0 Å². The van der Waals surface area contributed by atoms with E-state index >= 15 is 0 Å². The number of amides is 1. The van der Waals surface area contributed by atoms with Gasteiger partial charge in [0, 0.05) is 6.54 Å². The fourth-order valence-electron chi connectivity index (χ4n) is 4.40. The molecule has 0 bridgehead atoms. The maximum atomic E-state index is 13.7. The molecule has 1 aliphatic rings. The smallest absolute Gasteiger partial charge is 0.324 e. The second-order valence-corrected chi connectivity index (χ2v) is 8.29. The monoisotopic (exact) mass is 483 g/mol. The van der Waals surface area contributed by atoms with Gasteiger partial charge < -0.3 is 4.90 Å². The highest BCUT2D eigenvalue weighted by atomic mass is 35.5. The third kappa shape index (κ3) is 3.37. The van der Waals surface area contributed by atoms with Gasteiger partial charge in [-0.2, -0.15) is 13.2 Å². The van der Waals surface area contributed by atoms with Gasteiger partial charge >= 0.3 is 6.18 Å². The summed E-state index contributed by atoms with van der Waals surface area (Å²) < 4.78 is 41.3. The van der Waals surface area contributed by atoms with Gasteiger partial charge in [0.25, 0.3) is 11.5 Å². The van der Waals surface area contributed by atoms with Crippen LogP contribution in [0.4, 0.5) is 13.2 Å². The Morgan fingerprint density at radius 3 is 2.41 bits per heavy atom. The Morgan fingerprint density at radius 2 is 1.74 bits per heavy atom. The predicted molar refractivity (Wildman–Crippen MR) is 122 cm³/mol. The Hall–Kier alpha value is -3.65. The summed E-state index contributed by atoms with van der Waals surface area (Å²) in [5.74, 6) is -0.179. The van der Waals surface area contributed by atoms with Crippen LogP contribution < -0.4 is 5.56 Å². The zero-order chi connectivity index (χ0) is 24.2. The van der Waals surface area contributed by atoms with Crippen LogP contribution in [-0.2, 0) is 6.18 Å². The number of halogens is 4. The van der Waals surface area contributed by atoms with Crippen LogP contribution in [0.25, 0.3) is 16.6 Å². The van der Waals surface area contributed by atoms with Gasteiger partial charge in [-0.25, -0.2) is 4.98 Å². The lowest BCUT2D eigenvalue weighted by Gasteiger charge is -2.29. The zero-order valence-corrected chi connectivity index (χ0v) is 18.6. The largest absolute Gasteiger partial charge is 0.416 e. The van der Waals surface area contributed by atoms with Gasteiger partial charge in [-0.05, 0) is 42.8 Å². The predicted octanol–water partition coefficient (Wildman–Crippen LogP) is 5.62. The Balaban J connectivity index is 1.95. The first-order valence-corrected chi connectivity index (χ1v) is 10.9. The van der Waals surface area contributed by atoms with Crippen molar-refractivity contribution in [2.75, 3.05) is 6.54 Å². The lowest BCUT2D eigenvalue weighted by atomic mass is 10.0. The van der Waals surface area contributed by atoms with E-state index in [0.29, 0.717) is 5.56 Å². The fourth-order valence-corrected chi connectivity index (χ4v) is 4.65. The third-order valence-electron chi connectivity index (χ3n) is 5.94. The van der Waals surface area contributed by atoms with Crippen molar-refractivity contribution in [2.24, 2.45) is 0 Å². The third-order valence-corrected chi connectivity index (χ3v) is 6.26. The number of nitrogens with zero attached hydrogens (tertiary/aromatic N) is 3. The topological polar surface area (TPSA) is 55.2 Å². The summed E-state index contributed by atoms with van der Waals surface area (Å²) in [6.45, 7) is 2.08. The number of alkyl halides is 3. The molecule has 0 saturated heterocycles. The van der Waals surface area contributed by atoms with Gasteiger partial charge in [0.05, 0.1) is 32.7 Å². The molecule has 4 aromatic rings. The maximum Gasteiger partial charge on any atom is 0.416 e. The number of rotatable bonds is 2. The van der Waals surface area contributed by atoms with Gasteiger partial charge in [0.15, 0.2) is 0 Å². The molecule has 172 valence electrons. The highest BCUT2D eigenvalue weighted by Gasteiger charge is 2.38. The fraction of sp³-hybridized carbons (Fsp3) is 0.160. The van der Waals surface area contributed by atoms with Gasteiger partial charge in [0.2, 0.25) is 0 Å². The Kier molecular flexibility index (Phi) is 5.20. The molecule has 3 aromatic carbocycles. The summed E-state index contributed by atoms with van der Waals surface area (Å²) in [6, 6.07) is 15.8. The number of fused-ring (bicyclic) bond motifs is 4. The molecule has 9 heteroatoms. The normalized spacial score (nSPS) is 15.7. The summed E-state index contributed by atoms with van der Waals surface area (Å²) in [5.41, 5.74) is -0.568. The van der Waals surface area contributed by atoms with Crippen molar-refractivity contribution in [1.29, 1.82) is 0 Å². The standard InChI is InChI=1S/C25H17ClF3N3O2/c1-2-31-21(14-7-4-3-5-8-14)22-30-18-12-11-15(25(27,28)29)13-16(18)23(33)32(22)19-10-6-9-17(26)20(19)24(31)34/h3-13,21H,2H2,1H3. The van der Waals surface area contributed by atoms with E-state index in [9.17, 15) is 22.8 Å². The SMILES string of the molecule is CCN1C(=O)c2c(Cl)cccc2-n2c(nc3ccc(C(F)(F)F)cc3c2=O)C1c1ccccc1. The van der Waals surface area contributed by atoms with Crippen LogP contribution in [0.2, 0.25) is 5.02 Å². The molecule has 1 amide bonds. The molecule has 0 spiro atoms. The molecule has 2 heterocycles. The van der Waals surface area contributed by atoms with E-state index in [1.807, 2.05) is 18.2 Å². The van der Waals surface area contributed by atoms with Gasteiger partial charge in [-0.1, -0.05) is 48.0 Å². The average molecular weight is 484 g/mol. The van der Waals surface area contributed by atoms with Crippen molar-refractivity contribution in [3.63, 3.8) is 0 Å². The lowest BCUT2D eigenvalue weighted by Crippen LogP contribution is -2.36. The molecular formula is C25H17ClF3N3O2. The van der Waals surface area contributed by atoms with Gasteiger partial charge in [-0.15, -0.1) is 0 Å². The van der Waals surface area contributed by atoms with Crippen LogP contribution in [0.3, 0.4) is 0 Å². The van der Waals surface area contributed by atoms with Crippen molar-refractivity contribution in [2.45, 2.75) is 19.1 Å². The average Bonchev–Trinajstić information content (AvgIpc) is 2.92. The molecule has 1 atom stereocenters. The molecule has 1 aromatic heterocycles. The molecule has 34 heavy (non-hydrogen) atoms. The minimum Gasteiger partial charge on any atom is -0.324 e. The second kappa shape index (κ2) is 7.99. The molecule has 0 aliphatic carbocycles.